The van der Waals surface area contributed by atoms with Crippen molar-refractivity contribution >= 4 is 27.6 Å². The van der Waals surface area contributed by atoms with E-state index in [2.05, 4.69) is 31.4 Å². The average Bonchev–Trinajstić information content (AvgIpc) is 3.33. The van der Waals surface area contributed by atoms with E-state index in [1.165, 1.54) is 5.56 Å². The van der Waals surface area contributed by atoms with Gasteiger partial charge in [0.2, 0.25) is 10.0 Å². The third-order valence-electron chi connectivity index (χ3n) is 7.46. The summed E-state index contributed by atoms with van der Waals surface area (Å²) in [5.74, 6) is 1.31. The molecule has 3 aromatic rings. The number of rotatable bonds is 9. The Morgan fingerprint density at radius 1 is 1.00 bits per heavy atom. The zero-order valence-corrected chi connectivity index (χ0v) is 25.2. The molecule has 40 heavy (non-hydrogen) atoms. The number of nitrogens with zero attached hydrogens (tertiary/aromatic N) is 3. The quantitative estimate of drug-likeness (QED) is 0.309. The second kappa shape index (κ2) is 12.6. The number of hydrogen-bond donors (Lipinski definition) is 2. The van der Waals surface area contributed by atoms with E-state index < -0.39 is 10.0 Å². The summed E-state index contributed by atoms with van der Waals surface area (Å²) in [6, 6.07) is 17.5. The van der Waals surface area contributed by atoms with Crippen molar-refractivity contribution in [1.82, 2.24) is 14.1 Å². The van der Waals surface area contributed by atoms with Gasteiger partial charge in [-0.15, -0.1) is 0 Å². The first-order chi connectivity index (χ1) is 18.9. The first-order valence-electron chi connectivity index (χ1n) is 14.3. The van der Waals surface area contributed by atoms with E-state index in [0.717, 1.165) is 49.0 Å². The molecule has 0 saturated carbocycles. The molecular weight excluding hydrogens is 522 g/mol. The molecule has 1 aliphatic rings. The number of nitrogens with one attached hydrogen (secondary N) is 2. The van der Waals surface area contributed by atoms with Crippen molar-refractivity contribution in [2.45, 2.75) is 72.1 Å². The number of unbranched alkanes of at least 4 members (excludes halogenated alkanes) is 1. The largest absolute Gasteiger partial charge is 0.324 e. The predicted octanol–water partition coefficient (Wildman–Crippen LogP) is 6.51. The molecule has 0 aliphatic carbocycles. The highest BCUT2D eigenvalue weighted by molar-refractivity contribution is 7.89. The molecule has 0 bridgehead atoms. The van der Waals surface area contributed by atoms with Crippen LogP contribution < -0.4 is 10.6 Å². The Bertz CT molecular complexity index is 1380. The average molecular weight is 566 g/mol. The van der Waals surface area contributed by atoms with Gasteiger partial charge < -0.3 is 5.32 Å². The second-order valence-corrected chi connectivity index (χ2v) is 14.0. The van der Waals surface area contributed by atoms with Gasteiger partial charge in [-0.1, -0.05) is 63.9 Å². The maximum absolute atomic E-state index is 12.9. The number of carbonyl (C=O) groups excluding carboxylic acids is 1. The first kappa shape index (κ1) is 29.8. The molecule has 2 N–H and O–H groups in total. The van der Waals surface area contributed by atoms with E-state index in [9.17, 15) is 13.2 Å². The summed E-state index contributed by atoms with van der Waals surface area (Å²) < 4.78 is 28.4. The molecule has 9 heteroatoms. The normalized spacial score (nSPS) is 15.2. The van der Waals surface area contributed by atoms with Gasteiger partial charge in [0.25, 0.3) is 0 Å². The molecular formula is C31H43N5O3S. The van der Waals surface area contributed by atoms with E-state index in [4.69, 9.17) is 5.10 Å². The Morgan fingerprint density at radius 2 is 1.65 bits per heavy atom. The van der Waals surface area contributed by atoms with Crippen molar-refractivity contribution in [3.8, 4) is 5.69 Å². The summed E-state index contributed by atoms with van der Waals surface area (Å²) in [7, 11) is -3.13. The number of carbonyl (C=O) groups is 1. The molecule has 0 radical (unpaired) electrons. The predicted molar refractivity (Wildman–Crippen MR) is 163 cm³/mol. The van der Waals surface area contributed by atoms with Crippen LogP contribution in [0.5, 0.6) is 0 Å². The van der Waals surface area contributed by atoms with Gasteiger partial charge in [0.05, 0.1) is 17.1 Å². The lowest BCUT2D eigenvalue weighted by atomic mass is 9.91. The lowest BCUT2D eigenvalue weighted by molar-refractivity contribution is 0.262. The van der Waals surface area contributed by atoms with Gasteiger partial charge in [0.15, 0.2) is 0 Å². The number of piperidine rings is 1. The molecule has 2 heterocycles. The Labute approximate surface area is 239 Å². The molecule has 8 nitrogen and oxygen atoms in total. The van der Waals surface area contributed by atoms with Gasteiger partial charge in [0.1, 0.15) is 5.82 Å². The van der Waals surface area contributed by atoms with E-state index in [0.29, 0.717) is 30.5 Å². The first-order valence-corrected chi connectivity index (χ1v) is 15.9. The Morgan fingerprint density at radius 3 is 2.25 bits per heavy atom. The zero-order chi connectivity index (χ0) is 28.9. The van der Waals surface area contributed by atoms with Crippen molar-refractivity contribution in [2.75, 3.05) is 29.5 Å². The van der Waals surface area contributed by atoms with E-state index in [-0.39, 0.29) is 17.2 Å². The van der Waals surface area contributed by atoms with Crippen LogP contribution in [0.1, 0.15) is 70.2 Å². The molecule has 1 fully saturated rings. The molecule has 0 spiro atoms. The summed E-state index contributed by atoms with van der Waals surface area (Å²) in [4.78, 5) is 12.9. The van der Waals surface area contributed by atoms with Crippen LogP contribution in [-0.2, 0) is 21.9 Å². The van der Waals surface area contributed by atoms with E-state index in [1.807, 2.05) is 68.4 Å². The van der Waals surface area contributed by atoms with Crippen LogP contribution in [-0.4, -0.2) is 47.4 Å². The molecule has 0 atom stereocenters. The van der Waals surface area contributed by atoms with Gasteiger partial charge in [-0.3, -0.25) is 5.32 Å². The number of benzene rings is 2. The topological polar surface area (TPSA) is 96.3 Å². The number of urea groups is 1. The van der Waals surface area contributed by atoms with Crippen molar-refractivity contribution < 1.29 is 13.2 Å². The van der Waals surface area contributed by atoms with Crippen molar-refractivity contribution in [1.29, 1.82) is 0 Å². The van der Waals surface area contributed by atoms with Gasteiger partial charge >= 0.3 is 6.03 Å². The monoisotopic (exact) mass is 565 g/mol. The van der Waals surface area contributed by atoms with Crippen LogP contribution in [0.2, 0.25) is 0 Å². The fraction of sp³-hybridized carbons (Fsp3) is 0.484. The molecule has 2 aromatic carbocycles. The SMILES string of the molecule is CCCCS(=O)(=O)N1CCC(Cc2ccc(NC(=O)Nc3cc(C(C)(C)C)nn3-c3ccc(C)cc3)cc2)CC1. The van der Waals surface area contributed by atoms with Crippen LogP contribution >= 0.6 is 0 Å². The minimum absolute atomic E-state index is 0.168. The lowest BCUT2D eigenvalue weighted by Gasteiger charge is -2.31. The van der Waals surface area contributed by atoms with E-state index >= 15 is 0 Å². The zero-order valence-electron chi connectivity index (χ0n) is 24.4. The van der Waals surface area contributed by atoms with E-state index in [1.54, 1.807) is 8.99 Å². The fourth-order valence-electron chi connectivity index (χ4n) is 4.90. The highest BCUT2D eigenvalue weighted by Gasteiger charge is 2.27. The second-order valence-electron chi connectivity index (χ2n) is 11.9. The molecule has 2 amide bonds. The van der Waals surface area contributed by atoms with Crippen LogP contribution in [0.4, 0.5) is 16.3 Å². The number of aromatic nitrogens is 2. The maximum Gasteiger partial charge on any atom is 0.324 e. The van der Waals surface area contributed by atoms with Crippen molar-refractivity contribution in [3.63, 3.8) is 0 Å². The summed E-state index contributed by atoms with van der Waals surface area (Å²) in [6.07, 6.45) is 4.26. The minimum atomic E-state index is -3.13. The Balaban J connectivity index is 1.34. The van der Waals surface area contributed by atoms with Crippen LogP contribution in [0.3, 0.4) is 0 Å². The lowest BCUT2D eigenvalue weighted by Crippen LogP contribution is -2.40. The number of hydrogen-bond acceptors (Lipinski definition) is 4. The number of aryl methyl sites for hydroxylation is 1. The van der Waals surface area contributed by atoms with Gasteiger partial charge in [0, 0.05) is 30.3 Å². The fourth-order valence-corrected chi connectivity index (χ4v) is 6.58. The Hall–Kier alpha value is -3.17. The minimum Gasteiger partial charge on any atom is -0.308 e. The number of amides is 2. The van der Waals surface area contributed by atoms with Gasteiger partial charge in [-0.2, -0.15) is 5.10 Å². The van der Waals surface area contributed by atoms with Crippen LogP contribution in [0.15, 0.2) is 54.6 Å². The number of anilines is 2. The smallest absolute Gasteiger partial charge is 0.308 e. The summed E-state index contributed by atoms with van der Waals surface area (Å²) in [5.41, 5.74) is 4.64. The maximum atomic E-state index is 12.9. The van der Waals surface area contributed by atoms with Crippen molar-refractivity contribution in [3.05, 3.63) is 71.4 Å². The molecule has 1 saturated heterocycles. The third kappa shape index (κ3) is 7.73. The Kier molecular flexibility index (Phi) is 9.36. The standard InChI is InChI=1S/C31H43N5O3S/c1-6-7-20-40(38,39)35-18-16-25(17-19-35)21-24-10-12-26(13-11-24)32-30(37)33-29-22-28(31(3,4)5)34-36(29)27-14-8-23(2)9-15-27/h8-15,22,25H,6-7,16-21H2,1-5H3,(H2,32,33,37). The molecule has 0 unspecified atom stereocenters. The van der Waals surface area contributed by atoms with Crippen LogP contribution in [0, 0.1) is 12.8 Å². The van der Waals surface area contributed by atoms with Crippen LogP contribution in [0.25, 0.3) is 5.69 Å². The summed E-state index contributed by atoms with van der Waals surface area (Å²) in [6.45, 7) is 11.5. The summed E-state index contributed by atoms with van der Waals surface area (Å²) >= 11 is 0. The highest BCUT2D eigenvalue weighted by Crippen LogP contribution is 2.27. The van der Waals surface area contributed by atoms with Crippen molar-refractivity contribution in [2.24, 2.45) is 5.92 Å². The van der Waals surface area contributed by atoms with Gasteiger partial charge in [-0.05, 0) is 68.4 Å². The van der Waals surface area contributed by atoms with Gasteiger partial charge in [-0.25, -0.2) is 22.2 Å². The summed E-state index contributed by atoms with van der Waals surface area (Å²) in [5, 5.41) is 10.7. The third-order valence-corrected chi connectivity index (χ3v) is 9.41. The molecule has 1 aliphatic heterocycles. The highest BCUT2D eigenvalue weighted by atomic mass is 32.2. The molecule has 1 aromatic heterocycles. The number of sulfonamides is 1. The molecule has 216 valence electrons. The molecule has 4 rings (SSSR count).